The first kappa shape index (κ1) is 12.3. The van der Waals surface area contributed by atoms with E-state index in [1.54, 1.807) is 23.1 Å². The van der Waals surface area contributed by atoms with E-state index >= 15 is 0 Å². The summed E-state index contributed by atoms with van der Waals surface area (Å²) in [5, 5.41) is 4.23. The van der Waals surface area contributed by atoms with Gasteiger partial charge >= 0.3 is 0 Å². The molecule has 1 saturated carbocycles. The molecule has 0 N–H and O–H groups in total. The van der Waals surface area contributed by atoms with Gasteiger partial charge in [0.25, 0.3) is 6.43 Å². The number of rotatable bonds is 4. The van der Waals surface area contributed by atoms with Gasteiger partial charge in [0.2, 0.25) is 0 Å². The van der Waals surface area contributed by atoms with E-state index in [1.807, 2.05) is 0 Å². The third-order valence-electron chi connectivity index (χ3n) is 3.35. The Balaban J connectivity index is 1.92. The second-order valence-corrected chi connectivity index (χ2v) is 4.85. The van der Waals surface area contributed by atoms with Crippen molar-refractivity contribution in [1.82, 2.24) is 14.8 Å². The minimum atomic E-state index is -2.53. The maximum Gasteiger partial charge on any atom is 0.280 e. The Morgan fingerprint density at radius 1 is 1.26 bits per heavy atom. The molecule has 19 heavy (non-hydrogen) atoms. The molecule has 1 unspecified atom stereocenters. The van der Waals surface area contributed by atoms with Crippen molar-refractivity contribution < 1.29 is 8.78 Å². The van der Waals surface area contributed by atoms with Crippen molar-refractivity contribution in [3.05, 3.63) is 42.0 Å². The summed E-state index contributed by atoms with van der Waals surface area (Å²) in [5.41, 5.74) is 1.30. The molecule has 0 spiro atoms. The van der Waals surface area contributed by atoms with Crippen LogP contribution in [0.3, 0.4) is 0 Å². The fourth-order valence-electron chi connectivity index (χ4n) is 2.28. The Hall–Kier alpha value is -1.72. The fraction of sp³-hybridized carbons (Fsp3) is 0.385. The number of pyridine rings is 1. The highest BCUT2D eigenvalue weighted by atomic mass is 19.3. The van der Waals surface area contributed by atoms with E-state index in [9.17, 15) is 8.78 Å². The van der Waals surface area contributed by atoms with Gasteiger partial charge in [0, 0.05) is 18.6 Å². The molecular formula is C13H12BF2N3. The van der Waals surface area contributed by atoms with Crippen LogP contribution in [0.2, 0.25) is 0 Å². The van der Waals surface area contributed by atoms with Gasteiger partial charge in [-0.2, -0.15) is 5.10 Å². The van der Waals surface area contributed by atoms with E-state index in [-0.39, 0.29) is 11.7 Å². The summed E-state index contributed by atoms with van der Waals surface area (Å²) < 4.78 is 26.8. The van der Waals surface area contributed by atoms with E-state index in [2.05, 4.69) is 10.1 Å². The van der Waals surface area contributed by atoms with Crippen molar-refractivity contribution in [1.29, 1.82) is 0 Å². The molecular weight excluding hydrogens is 247 g/mol. The molecule has 6 heteroatoms. The molecule has 1 aliphatic rings. The summed E-state index contributed by atoms with van der Waals surface area (Å²) in [6, 6.07) is 3.12. The Kier molecular flexibility index (Phi) is 3.08. The normalized spacial score (nSPS) is 16.8. The fourth-order valence-corrected chi connectivity index (χ4v) is 2.28. The Morgan fingerprint density at radius 2 is 2.05 bits per heavy atom. The second-order valence-electron chi connectivity index (χ2n) is 4.85. The van der Waals surface area contributed by atoms with Crippen LogP contribution in [0.1, 0.15) is 36.6 Å². The van der Waals surface area contributed by atoms with E-state index in [0.29, 0.717) is 11.4 Å². The summed E-state index contributed by atoms with van der Waals surface area (Å²) in [6.07, 6.45) is 4.57. The van der Waals surface area contributed by atoms with Crippen LogP contribution in [-0.4, -0.2) is 22.6 Å². The van der Waals surface area contributed by atoms with Crippen LogP contribution in [0.25, 0.3) is 0 Å². The van der Waals surface area contributed by atoms with Crippen LogP contribution in [0.15, 0.2) is 30.7 Å². The van der Waals surface area contributed by atoms with Gasteiger partial charge in [0.05, 0.1) is 6.04 Å². The molecule has 1 fully saturated rings. The van der Waals surface area contributed by atoms with Crippen LogP contribution in [0, 0.1) is 5.92 Å². The van der Waals surface area contributed by atoms with Gasteiger partial charge in [-0.3, -0.25) is 9.67 Å². The van der Waals surface area contributed by atoms with Crippen molar-refractivity contribution in [2.45, 2.75) is 25.3 Å². The molecule has 1 aliphatic carbocycles. The number of nitrogens with zero attached hydrogens (tertiary/aromatic N) is 3. The Labute approximate surface area is 111 Å². The van der Waals surface area contributed by atoms with Gasteiger partial charge in [-0.1, -0.05) is 11.5 Å². The molecule has 0 aromatic carbocycles. The molecule has 96 valence electrons. The highest BCUT2D eigenvalue weighted by Crippen LogP contribution is 2.42. The lowest BCUT2D eigenvalue weighted by atomic mass is 10.0. The average Bonchev–Trinajstić information content (AvgIpc) is 3.13. The predicted molar refractivity (Wildman–Crippen MR) is 67.7 cm³/mol. The lowest BCUT2D eigenvalue weighted by Gasteiger charge is -2.17. The quantitative estimate of drug-likeness (QED) is 0.786. The second kappa shape index (κ2) is 4.76. The molecule has 0 saturated heterocycles. The van der Waals surface area contributed by atoms with E-state index in [4.69, 9.17) is 7.85 Å². The minimum Gasteiger partial charge on any atom is -0.266 e. The summed E-state index contributed by atoms with van der Waals surface area (Å²) in [7, 11) is 5.68. The van der Waals surface area contributed by atoms with Crippen molar-refractivity contribution in [2.75, 3.05) is 0 Å². The van der Waals surface area contributed by atoms with Gasteiger partial charge in [-0.25, -0.2) is 8.78 Å². The zero-order valence-electron chi connectivity index (χ0n) is 10.2. The van der Waals surface area contributed by atoms with Crippen molar-refractivity contribution in [3.63, 3.8) is 0 Å². The standard InChI is InChI=1S/C13H12BF2N3/c14-10-6-18-19(7-10)12(8-1-2-8)9-3-4-11(13(15)16)17-5-9/h3-8,12-13H,1-2H2. The van der Waals surface area contributed by atoms with Crippen molar-refractivity contribution in [2.24, 2.45) is 5.92 Å². The highest BCUT2D eigenvalue weighted by Gasteiger charge is 2.34. The summed E-state index contributed by atoms with van der Waals surface area (Å²) in [6.45, 7) is 0. The monoisotopic (exact) mass is 259 g/mol. The third-order valence-corrected chi connectivity index (χ3v) is 3.35. The average molecular weight is 259 g/mol. The lowest BCUT2D eigenvalue weighted by Crippen LogP contribution is -2.14. The van der Waals surface area contributed by atoms with Crippen LogP contribution < -0.4 is 5.46 Å². The maximum atomic E-state index is 12.5. The minimum absolute atomic E-state index is 0.0384. The van der Waals surface area contributed by atoms with Crippen LogP contribution >= 0.6 is 0 Å². The zero-order chi connectivity index (χ0) is 13.4. The molecule has 0 aliphatic heterocycles. The third kappa shape index (κ3) is 2.52. The van der Waals surface area contributed by atoms with Crippen LogP contribution in [-0.2, 0) is 0 Å². The lowest BCUT2D eigenvalue weighted by molar-refractivity contribution is 0.146. The molecule has 2 radical (unpaired) electrons. The van der Waals surface area contributed by atoms with E-state index in [0.717, 1.165) is 18.4 Å². The number of alkyl halides is 2. The number of hydrogen-bond donors (Lipinski definition) is 0. The number of aromatic nitrogens is 3. The molecule has 2 aromatic rings. The maximum absolute atomic E-state index is 12.5. The molecule has 3 nitrogen and oxygen atoms in total. The molecule has 0 amide bonds. The van der Waals surface area contributed by atoms with E-state index < -0.39 is 6.43 Å². The summed E-state index contributed by atoms with van der Waals surface area (Å²) >= 11 is 0. The molecule has 0 bridgehead atoms. The Bertz CT molecular complexity index is 564. The predicted octanol–water partition coefficient (Wildman–Crippen LogP) is 2.01. The molecule has 3 rings (SSSR count). The van der Waals surface area contributed by atoms with Gasteiger partial charge in [-0.15, -0.1) is 0 Å². The summed E-state index contributed by atoms with van der Waals surface area (Å²) in [4.78, 5) is 3.82. The molecule has 2 aromatic heterocycles. The highest BCUT2D eigenvalue weighted by molar-refractivity contribution is 6.31. The molecule has 2 heterocycles. The first-order valence-electron chi connectivity index (χ1n) is 6.19. The zero-order valence-corrected chi connectivity index (χ0v) is 10.2. The van der Waals surface area contributed by atoms with Crippen molar-refractivity contribution >= 4 is 13.3 Å². The smallest absolute Gasteiger partial charge is 0.266 e. The van der Waals surface area contributed by atoms with Gasteiger partial charge < -0.3 is 0 Å². The first-order chi connectivity index (χ1) is 9.15. The number of hydrogen-bond acceptors (Lipinski definition) is 2. The molecule has 1 atom stereocenters. The topological polar surface area (TPSA) is 30.7 Å². The van der Waals surface area contributed by atoms with Gasteiger partial charge in [-0.05, 0) is 30.4 Å². The van der Waals surface area contributed by atoms with Gasteiger partial charge in [0.1, 0.15) is 13.5 Å². The van der Waals surface area contributed by atoms with Crippen LogP contribution in [0.5, 0.6) is 0 Å². The van der Waals surface area contributed by atoms with E-state index in [1.165, 1.54) is 12.3 Å². The van der Waals surface area contributed by atoms with Crippen LogP contribution in [0.4, 0.5) is 8.78 Å². The largest absolute Gasteiger partial charge is 0.280 e. The SMILES string of the molecule is [B]c1cnn(C(c2ccc(C(F)F)nc2)C2CC2)c1. The number of halogens is 2. The van der Waals surface area contributed by atoms with Gasteiger partial charge in [0.15, 0.2) is 0 Å². The Morgan fingerprint density at radius 3 is 2.53 bits per heavy atom. The first-order valence-corrected chi connectivity index (χ1v) is 6.19. The van der Waals surface area contributed by atoms with Crippen molar-refractivity contribution in [3.8, 4) is 0 Å². The summed E-state index contributed by atoms with van der Waals surface area (Å²) in [5.74, 6) is 0.485.